The number of benzene rings is 1. The highest BCUT2D eigenvalue weighted by Crippen LogP contribution is 2.21. The quantitative estimate of drug-likeness (QED) is 0.735. The molecule has 19 heavy (non-hydrogen) atoms. The molecule has 0 amide bonds. The van der Waals surface area contributed by atoms with E-state index in [1.807, 2.05) is 30.9 Å². The number of hydrogen-bond donors (Lipinski definition) is 2. The van der Waals surface area contributed by atoms with E-state index in [1.54, 1.807) is 0 Å². The summed E-state index contributed by atoms with van der Waals surface area (Å²) >= 11 is 0. The number of aromatic nitrogens is 5. The fourth-order valence-corrected chi connectivity index (χ4v) is 2.35. The lowest BCUT2D eigenvalue weighted by Gasteiger charge is -2.11. The van der Waals surface area contributed by atoms with Crippen LogP contribution in [0.1, 0.15) is 17.6 Å². The lowest BCUT2D eigenvalue weighted by molar-refractivity contribution is 0.550. The molecule has 0 saturated carbocycles. The van der Waals surface area contributed by atoms with Gasteiger partial charge in [0.2, 0.25) is 0 Å². The Morgan fingerprint density at radius 3 is 2.95 bits per heavy atom. The molecule has 0 aliphatic rings. The Labute approximate surface area is 110 Å². The summed E-state index contributed by atoms with van der Waals surface area (Å²) in [4.78, 5) is 4.21. The summed E-state index contributed by atoms with van der Waals surface area (Å²) in [6, 6.07) is 8.33. The third-order valence-electron chi connectivity index (χ3n) is 3.34. The van der Waals surface area contributed by atoms with Crippen LogP contribution in [-0.4, -0.2) is 32.0 Å². The zero-order valence-electron chi connectivity index (χ0n) is 11.0. The van der Waals surface area contributed by atoms with E-state index in [4.69, 9.17) is 0 Å². The van der Waals surface area contributed by atoms with E-state index < -0.39 is 0 Å². The molecule has 3 rings (SSSR count). The predicted octanol–water partition coefficient (Wildman–Crippen LogP) is 1.19. The van der Waals surface area contributed by atoms with Crippen molar-refractivity contribution in [1.82, 2.24) is 30.3 Å². The highest BCUT2D eigenvalue weighted by molar-refractivity contribution is 5.81. The van der Waals surface area contributed by atoms with Crippen LogP contribution in [0.2, 0.25) is 0 Å². The van der Waals surface area contributed by atoms with Crippen molar-refractivity contribution in [3.05, 3.63) is 42.1 Å². The Hall–Kier alpha value is -2.21. The summed E-state index contributed by atoms with van der Waals surface area (Å²) in [6.07, 6.45) is 2.29. The van der Waals surface area contributed by atoms with E-state index in [1.165, 1.54) is 11.7 Å². The summed E-state index contributed by atoms with van der Waals surface area (Å²) in [5.41, 5.74) is 2.21. The topological polar surface area (TPSA) is 71.4 Å². The van der Waals surface area contributed by atoms with Crippen LogP contribution in [0.5, 0.6) is 0 Å². The molecule has 0 fully saturated rings. The van der Waals surface area contributed by atoms with Gasteiger partial charge in [0.25, 0.3) is 0 Å². The molecule has 3 aromatic rings. The van der Waals surface area contributed by atoms with Crippen LogP contribution < -0.4 is 5.32 Å². The second kappa shape index (κ2) is 4.81. The Kier molecular flexibility index (Phi) is 3.00. The van der Waals surface area contributed by atoms with Gasteiger partial charge in [0.05, 0.1) is 17.3 Å². The van der Waals surface area contributed by atoms with Crippen molar-refractivity contribution in [2.45, 2.75) is 12.5 Å². The Morgan fingerprint density at radius 2 is 2.21 bits per heavy atom. The van der Waals surface area contributed by atoms with E-state index in [0.717, 1.165) is 23.5 Å². The summed E-state index contributed by atoms with van der Waals surface area (Å²) in [5.74, 6) is 0.831. The number of fused-ring (bicyclic) bond motifs is 1. The van der Waals surface area contributed by atoms with Crippen LogP contribution in [0, 0.1) is 0 Å². The van der Waals surface area contributed by atoms with Crippen molar-refractivity contribution in [2.75, 3.05) is 7.05 Å². The lowest BCUT2D eigenvalue weighted by Crippen LogP contribution is -2.20. The van der Waals surface area contributed by atoms with Gasteiger partial charge in [0, 0.05) is 18.9 Å². The summed E-state index contributed by atoms with van der Waals surface area (Å²) in [5, 5.41) is 15.8. The number of nitrogens with zero attached hydrogens (tertiary/aromatic N) is 4. The standard InChI is InChI=1S/C13H16N6/c1-14-11(13-15-8-16-17-13)7-10-9-5-3-4-6-12(9)19(2)18-10/h3-6,8,11,14H,7H2,1-2H3,(H,15,16,17). The number of aryl methyl sites for hydroxylation is 1. The minimum Gasteiger partial charge on any atom is -0.310 e. The normalized spacial score (nSPS) is 12.9. The van der Waals surface area contributed by atoms with Gasteiger partial charge in [0.1, 0.15) is 12.2 Å². The first-order valence-electron chi connectivity index (χ1n) is 6.22. The first-order valence-corrected chi connectivity index (χ1v) is 6.22. The van der Waals surface area contributed by atoms with Crippen LogP contribution in [0.3, 0.4) is 0 Å². The van der Waals surface area contributed by atoms with Gasteiger partial charge in [-0.15, -0.1) is 0 Å². The van der Waals surface area contributed by atoms with Gasteiger partial charge < -0.3 is 5.32 Å². The monoisotopic (exact) mass is 256 g/mol. The SMILES string of the molecule is CNC(Cc1nn(C)c2ccccc12)c1ncn[nH]1. The average Bonchev–Trinajstić information content (AvgIpc) is 3.06. The average molecular weight is 256 g/mol. The first-order chi connectivity index (χ1) is 9.29. The van der Waals surface area contributed by atoms with Crippen molar-refractivity contribution in [3.63, 3.8) is 0 Å². The second-order valence-corrected chi connectivity index (χ2v) is 4.50. The first kappa shape index (κ1) is 11.9. The third kappa shape index (κ3) is 2.10. The summed E-state index contributed by atoms with van der Waals surface area (Å²) in [7, 11) is 3.88. The molecule has 6 nitrogen and oxygen atoms in total. The molecular formula is C13H16N6. The Morgan fingerprint density at radius 1 is 1.37 bits per heavy atom. The summed E-state index contributed by atoms with van der Waals surface area (Å²) in [6.45, 7) is 0. The zero-order valence-corrected chi connectivity index (χ0v) is 11.0. The molecule has 1 atom stereocenters. The Bertz CT molecular complexity index is 670. The van der Waals surface area contributed by atoms with Crippen LogP contribution in [0.25, 0.3) is 10.9 Å². The number of nitrogens with one attached hydrogen (secondary N) is 2. The highest BCUT2D eigenvalue weighted by atomic mass is 15.3. The molecule has 98 valence electrons. The molecule has 6 heteroatoms. The molecule has 0 bridgehead atoms. The molecular weight excluding hydrogens is 240 g/mol. The van der Waals surface area contributed by atoms with Gasteiger partial charge in [0.15, 0.2) is 0 Å². The minimum atomic E-state index is 0.0841. The van der Waals surface area contributed by atoms with Gasteiger partial charge in [-0.3, -0.25) is 9.78 Å². The lowest BCUT2D eigenvalue weighted by atomic mass is 10.1. The summed E-state index contributed by atoms with van der Waals surface area (Å²) < 4.78 is 1.91. The number of aromatic amines is 1. The molecule has 0 aliphatic heterocycles. The van der Waals surface area contributed by atoms with E-state index >= 15 is 0 Å². The number of para-hydroxylation sites is 1. The van der Waals surface area contributed by atoms with Crippen molar-refractivity contribution in [3.8, 4) is 0 Å². The van der Waals surface area contributed by atoms with Crippen molar-refractivity contribution < 1.29 is 0 Å². The van der Waals surface area contributed by atoms with Crippen LogP contribution >= 0.6 is 0 Å². The van der Waals surface area contributed by atoms with Gasteiger partial charge in [-0.05, 0) is 13.1 Å². The molecule has 0 radical (unpaired) electrons. The van der Waals surface area contributed by atoms with Crippen molar-refractivity contribution in [1.29, 1.82) is 0 Å². The maximum atomic E-state index is 4.60. The van der Waals surface area contributed by atoms with Crippen LogP contribution in [0.15, 0.2) is 30.6 Å². The molecule has 0 aliphatic carbocycles. The molecule has 1 unspecified atom stereocenters. The van der Waals surface area contributed by atoms with E-state index in [2.05, 4.69) is 37.7 Å². The molecule has 0 saturated heterocycles. The third-order valence-corrected chi connectivity index (χ3v) is 3.34. The van der Waals surface area contributed by atoms with Gasteiger partial charge in [-0.2, -0.15) is 10.2 Å². The van der Waals surface area contributed by atoms with Crippen molar-refractivity contribution in [2.24, 2.45) is 7.05 Å². The fraction of sp³-hybridized carbons (Fsp3) is 0.308. The molecule has 1 aromatic carbocycles. The number of H-pyrrole nitrogens is 1. The Balaban J connectivity index is 1.97. The zero-order chi connectivity index (χ0) is 13.2. The predicted molar refractivity (Wildman–Crippen MR) is 72.6 cm³/mol. The number of rotatable bonds is 4. The van der Waals surface area contributed by atoms with E-state index in [-0.39, 0.29) is 6.04 Å². The maximum Gasteiger partial charge on any atom is 0.141 e. The number of likely N-dealkylation sites (N-methyl/N-ethyl adjacent to an activating group) is 1. The molecule has 2 aromatic heterocycles. The van der Waals surface area contributed by atoms with Crippen LogP contribution in [-0.2, 0) is 13.5 Å². The van der Waals surface area contributed by atoms with Gasteiger partial charge >= 0.3 is 0 Å². The number of hydrogen-bond acceptors (Lipinski definition) is 4. The van der Waals surface area contributed by atoms with Gasteiger partial charge in [-0.25, -0.2) is 4.98 Å². The van der Waals surface area contributed by atoms with Crippen molar-refractivity contribution >= 4 is 10.9 Å². The molecule has 2 heterocycles. The minimum absolute atomic E-state index is 0.0841. The molecule has 2 N–H and O–H groups in total. The van der Waals surface area contributed by atoms with Crippen LogP contribution in [0.4, 0.5) is 0 Å². The molecule has 0 spiro atoms. The fourth-order valence-electron chi connectivity index (χ4n) is 2.35. The maximum absolute atomic E-state index is 4.60. The second-order valence-electron chi connectivity index (χ2n) is 4.50. The van der Waals surface area contributed by atoms with E-state index in [0.29, 0.717) is 0 Å². The highest BCUT2D eigenvalue weighted by Gasteiger charge is 2.17. The largest absolute Gasteiger partial charge is 0.310 e. The smallest absolute Gasteiger partial charge is 0.141 e. The van der Waals surface area contributed by atoms with E-state index in [9.17, 15) is 0 Å². The van der Waals surface area contributed by atoms with Gasteiger partial charge in [-0.1, -0.05) is 18.2 Å².